The van der Waals surface area contributed by atoms with E-state index in [0.717, 1.165) is 21.9 Å². The Balaban J connectivity index is 0.000000152. The first-order valence-corrected chi connectivity index (χ1v) is 8.53. The van der Waals surface area contributed by atoms with E-state index in [1.54, 1.807) is 6.92 Å². The van der Waals surface area contributed by atoms with Gasteiger partial charge in [0.25, 0.3) is 0 Å². The highest BCUT2D eigenvalue weighted by atomic mass is 16.1. The van der Waals surface area contributed by atoms with Crippen LogP contribution < -0.4 is 0 Å². The summed E-state index contributed by atoms with van der Waals surface area (Å²) >= 11 is 0. The molecule has 4 aromatic carbocycles. The minimum atomic E-state index is 0.210. The average Bonchev–Trinajstić information content (AvgIpc) is 2.68. The maximum Gasteiger partial charge on any atom is 0.134 e. The molecule has 0 aliphatic rings. The Morgan fingerprint density at radius 3 is 1.96 bits per heavy atom. The summed E-state index contributed by atoms with van der Waals surface area (Å²) in [5.74, 6) is 0.210. The fourth-order valence-corrected chi connectivity index (χ4v) is 3.04. The predicted molar refractivity (Wildman–Crippen MR) is 107 cm³/mol. The van der Waals surface area contributed by atoms with E-state index < -0.39 is 0 Å². The predicted octanol–water partition coefficient (Wildman–Crippen LogP) is 5.68. The van der Waals surface area contributed by atoms with Crippen molar-refractivity contribution in [1.29, 1.82) is 5.26 Å². The van der Waals surface area contributed by atoms with Crippen molar-refractivity contribution in [1.82, 2.24) is 0 Å². The third-order valence-corrected chi connectivity index (χ3v) is 4.23. The second kappa shape index (κ2) is 8.09. The molecule has 0 aliphatic carbocycles. The molecule has 0 bridgehead atoms. The zero-order chi connectivity index (χ0) is 18.4. The van der Waals surface area contributed by atoms with Crippen LogP contribution in [0, 0.1) is 11.3 Å². The number of nitriles is 1. The molecule has 126 valence electrons. The Labute approximate surface area is 153 Å². The van der Waals surface area contributed by atoms with Crippen LogP contribution in [0.2, 0.25) is 0 Å². The standard InChI is InChI=1S/C13H12O.C11H7N/c1-10(14)9-12-7-4-6-11-5-2-3-8-13(11)12;12-8-10-6-3-5-9-4-1-2-7-11(9)10/h2-8H,9H2,1H3;1-7H. The Bertz CT molecular complexity index is 1100. The van der Waals surface area contributed by atoms with E-state index in [4.69, 9.17) is 5.26 Å². The average molecular weight is 337 g/mol. The lowest BCUT2D eigenvalue weighted by Crippen LogP contribution is -1.96. The minimum Gasteiger partial charge on any atom is -0.300 e. The molecule has 0 amide bonds. The third kappa shape index (κ3) is 3.96. The summed E-state index contributed by atoms with van der Waals surface area (Å²) in [5, 5.41) is 13.3. The van der Waals surface area contributed by atoms with E-state index >= 15 is 0 Å². The molecule has 0 spiro atoms. The van der Waals surface area contributed by atoms with E-state index in [9.17, 15) is 4.79 Å². The monoisotopic (exact) mass is 337 g/mol. The number of nitrogens with zero attached hydrogens (tertiary/aromatic N) is 1. The van der Waals surface area contributed by atoms with Crippen LogP contribution in [-0.2, 0) is 11.2 Å². The zero-order valence-electron chi connectivity index (χ0n) is 14.6. The van der Waals surface area contributed by atoms with Gasteiger partial charge in [0.1, 0.15) is 5.78 Å². The number of carbonyl (C=O) groups excluding carboxylic acids is 1. The van der Waals surface area contributed by atoms with Gasteiger partial charge in [0, 0.05) is 6.42 Å². The second-order valence-corrected chi connectivity index (χ2v) is 6.16. The number of carbonyl (C=O) groups is 1. The highest BCUT2D eigenvalue weighted by Crippen LogP contribution is 2.19. The summed E-state index contributed by atoms with van der Waals surface area (Å²) in [6, 6.07) is 30.1. The van der Waals surface area contributed by atoms with Crippen LogP contribution in [0.1, 0.15) is 18.1 Å². The molecule has 0 radical (unpaired) electrons. The first kappa shape index (κ1) is 17.4. The first-order valence-electron chi connectivity index (χ1n) is 8.53. The van der Waals surface area contributed by atoms with Crippen molar-refractivity contribution < 1.29 is 4.79 Å². The van der Waals surface area contributed by atoms with E-state index in [1.165, 1.54) is 10.8 Å². The molecule has 0 N–H and O–H groups in total. The van der Waals surface area contributed by atoms with Gasteiger partial charge in [0.15, 0.2) is 0 Å². The van der Waals surface area contributed by atoms with Gasteiger partial charge >= 0.3 is 0 Å². The molecule has 0 atom stereocenters. The second-order valence-electron chi connectivity index (χ2n) is 6.16. The smallest absolute Gasteiger partial charge is 0.134 e. The molecular formula is C24H19NO. The summed E-state index contributed by atoms with van der Waals surface area (Å²) < 4.78 is 0. The maximum atomic E-state index is 11.1. The van der Waals surface area contributed by atoms with Gasteiger partial charge in [0.05, 0.1) is 11.6 Å². The lowest BCUT2D eigenvalue weighted by Gasteiger charge is -2.03. The summed E-state index contributed by atoms with van der Waals surface area (Å²) in [6.45, 7) is 1.63. The van der Waals surface area contributed by atoms with Gasteiger partial charge in [-0.3, -0.25) is 4.79 Å². The Hall–Kier alpha value is -3.44. The third-order valence-electron chi connectivity index (χ3n) is 4.23. The SMILES string of the molecule is CC(=O)Cc1cccc2ccccc12.N#Cc1cccc2ccccc12. The molecule has 0 aliphatic heterocycles. The van der Waals surface area contributed by atoms with Crippen LogP contribution >= 0.6 is 0 Å². The van der Waals surface area contributed by atoms with Gasteiger partial charge in [-0.15, -0.1) is 0 Å². The van der Waals surface area contributed by atoms with E-state index in [1.807, 2.05) is 66.7 Å². The number of hydrogen-bond donors (Lipinski definition) is 0. The van der Waals surface area contributed by atoms with Gasteiger partial charge in [0.2, 0.25) is 0 Å². The van der Waals surface area contributed by atoms with E-state index in [0.29, 0.717) is 6.42 Å². The lowest BCUT2D eigenvalue weighted by molar-refractivity contribution is -0.116. The lowest BCUT2D eigenvalue weighted by atomic mass is 10.0. The molecule has 0 saturated heterocycles. The van der Waals surface area contributed by atoms with Gasteiger partial charge in [-0.2, -0.15) is 5.26 Å². The van der Waals surface area contributed by atoms with Crippen LogP contribution in [0.3, 0.4) is 0 Å². The van der Waals surface area contributed by atoms with Gasteiger partial charge < -0.3 is 0 Å². The number of Topliss-reactive ketones (excluding diaryl/α,β-unsaturated/α-hetero) is 1. The minimum absolute atomic E-state index is 0.210. The highest BCUT2D eigenvalue weighted by Gasteiger charge is 2.02. The van der Waals surface area contributed by atoms with Crippen molar-refractivity contribution in [3.63, 3.8) is 0 Å². The van der Waals surface area contributed by atoms with Crippen LogP contribution in [0.25, 0.3) is 21.5 Å². The molecule has 26 heavy (non-hydrogen) atoms. The maximum absolute atomic E-state index is 11.1. The Morgan fingerprint density at radius 2 is 1.31 bits per heavy atom. The number of fused-ring (bicyclic) bond motifs is 2. The van der Waals surface area contributed by atoms with Gasteiger partial charge in [-0.05, 0) is 40.1 Å². The summed E-state index contributed by atoms with van der Waals surface area (Å²) in [5.41, 5.74) is 1.86. The Kier molecular flexibility index (Phi) is 5.41. The fourth-order valence-electron chi connectivity index (χ4n) is 3.04. The molecular weight excluding hydrogens is 318 g/mol. The van der Waals surface area contributed by atoms with Crippen molar-refractivity contribution in [2.24, 2.45) is 0 Å². The molecule has 0 aromatic heterocycles. The van der Waals surface area contributed by atoms with Gasteiger partial charge in [-0.25, -0.2) is 0 Å². The molecule has 0 fully saturated rings. The van der Waals surface area contributed by atoms with Crippen LogP contribution in [0.4, 0.5) is 0 Å². The molecule has 4 rings (SSSR count). The first-order chi connectivity index (χ1) is 12.7. The van der Waals surface area contributed by atoms with E-state index in [2.05, 4.69) is 24.3 Å². The normalized spacial score (nSPS) is 10.0. The fraction of sp³-hybridized carbons (Fsp3) is 0.0833. The zero-order valence-corrected chi connectivity index (χ0v) is 14.6. The van der Waals surface area contributed by atoms with Crippen molar-refractivity contribution >= 4 is 27.3 Å². The molecule has 2 heteroatoms. The van der Waals surface area contributed by atoms with Gasteiger partial charge in [-0.1, -0.05) is 78.9 Å². The van der Waals surface area contributed by atoms with Crippen molar-refractivity contribution in [3.05, 3.63) is 96.1 Å². The van der Waals surface area contributed by atoms with Crippen molar-refractivity contribution in [2.75, 3.05) is 0 Å². The molecule has 0 heterocycles. The van der Waals surface area contributed by atoms with E-state index in [-0.39, 0.29) is 5.78 Å². The van der Waals surface area contributed by atoms with Crippen LogP contribution in [0.15, 0.2) is 84.9 Å². The highest BCUT2D eigenvalue weighted by molar-refractivity contribution is 5.90. The number of rotatable bonds is 2. The number of benzene rings is 4. The molecule has 2 nitrogen and oxygen atoms in total. The van der Waals surface area contributed by atoms with Crippen molar-refractivity contribution in [3.8, 4) is 6.07 Å². The molecule has 0 unspecified atom stereocenters. The quantitative estimate of drug-likeness (QED) is 0.472. The summed E-state index contributed by atoms with van der Waals surface area (Å²) in [4.78, 5) is 11.1. The summed E-state index contributed by atoms with van der Waals surface area (Å²) in [7, 11) is 0. The molecule has 0 saturated carbocycles. The van der Waals surface area contributed by atoms with Crippen LogP contribution in [0.5, 0.6) is 0 Å². The molecule has 4 aromatic rings. The number of hydrogen-bond acceptors (Lipinski definition) is 2. The topological polar surface area (TPSA) is 40.9 Å². The largest absolute Gasteiger partial charge is 0.300 e. The Morgan fingerprint density at radius 1 is 0.769 bits per heavy atom. The van der Waals surface area contributed by atoms with Crippen LogP contribution in [-0.4, -0.2) is 5.78 Å². The van der Waals surface area contributed by atoms with Crippen molar-refractivity contribution in [2.45, 2.75) is 13.3 Å². The summed E-state index contributed by atoms with van der Waals surface area (Å²) in [6.07, 6.45) is 0.529. The number of ketones is 1.